The van der Waals surface area contributed by atoms with Gasteiger partial charge in [0.1, 0.15) is 11.6 Å². The smallest absolute Gasteiger partial charge is 0.133 e. The lowest BCUT2D eigenvalue weighted by Gasteiger charge is -2.35. The quantitative estimate of drug-likeness (QED) is 0.849. The van der Waals surface area contributed by atoms with Gasteiger partial charge in [0.25, 0.3) is 0 Å². The number of anilines is 1. The van der Waals surface area contributed by atoms with Crippen molar-refractivity contribution >= 4 is 5.82 Å². The predicted molar refractivity (Wildman–Crippen MR) is 68.1 cm³/mol. The van der Waals surface area contributed by atoms with Crippen LogP contribution >= 0.6 is 0 Å². The van der Waals surface area contributed by atoms with Gasteiger partial charge in [0.05, 0.1) is 6.10 Å². The van der Waals surface area contributed by atoms with Crippen molar-refractivity contribution < 1.29 is 5.11 Å². The molecule has 4 nitrogen and oxygen atoms in total. The molecule has 0 radical (unpaired) electrons. The Hall–Kier alpha value is -1.16. The molecule has 1 fully saturated rings. The van der Waals surface area contributed by atoms with Crippen molar-refractivity contribution in [1.29, 1.82) is 0 Å². The molecule has 0 bridgehead atoms. The molecule has 2 heterocycles. The average Bonchev–Trinajstić information content (AvgIpc) is 2.33. The topological polar surface area (TPSA) is 49.2 Å². The highest BCUT2D eigenvalue weighted by molar-refractivity contribution is 5.38. The molecule has 0 saturated carbocycles. The van der Waals surface area contributed by atoms with E-state index in [1.165, 1.54) is 0 Å². The highest BCUT2D eigenvalue weighted by Crippen LogP contribution is 2.22. The van der Waals surface area contributed by atoms with E-state index in [1.807, 2.05) is 12.3 Å². The summed E-state index contributed by atoms with van der Waals surface area (Å²) in [7, 11) is 0. The molecule has 1 N–H and O–H groups in total. The number of aromatic nitrogens is 2. The first kappa shape index (κ1) is 12.3. The normalized spacial score (nSPS) is 25.4. The zero-order valence-electron chi connectivity index (χ0n) is 10.8. The van der Waals surface area contributed by atoms with E-state index in [0.717, 1.165) is 31.2 Å². The minimum absolute atomic E-state index is 0.169. The standard InChI is InChI=1S/C13H21N3O/c1-9(2)13-14-6-4-12(15-13)16-7-5-11(17)10(3)8-16/h4,6,9-11,17H,5,7-8H2,1-3H3. The van der Waals surface area contributed by atoms with E-state index in [4.69, 9.17) is 0 Å². The summed E-state index contributed by atoms with van der Waals surface area (Å²) in [5.41, 5.74) is 0. The Kier molecular flexibility index (Phi) is 3.62. The Balaban J connectivity index is 2.14. The van der Waals surface area contributed by atoms with Crippen molar-refractivity contribution in [3.63, 3.8) is 0 Å². The van der Waals surface area contributed by atoms with Crippen molar-refractivity contribution in [1.82, 2.24) is 9.97 Å². The fraction of sp³-hybridized carbons (Fsp3) is 0.692. The predicted octanol–water partition coefficient (Wildman–Crippen LogP) is 1.81. The first-order chi connectivity index (χ1) is 8.08. The number of rotatable bonds is 2. The fourth-order valence-corrected chi connectivity index (χ4v) is 2.16. The summed E-state index contributed by atoms with van der Waals surface area (Å²) in [6, 6.07) is 1.95. The van der Waals surface area contributed by atoms with E-state index in [1.54, 1.807) is 0 Å². The number of hydrogen-bond acceptors (Lipinski definition) is 4. The zero-order valence-corrected chi connectivity index (χ0v) is 10.8. The Morgan fingerprint density at radius 3 is 2.88 bits per heavy atom. The van der Waals surface area contributed by atoms with Crippen LogP contribution in [0.5, 0.6) is 0 Å². The zero-order chi connectivity index (χ0) is 12.4. The monoisotopic (exact) mass is 235 g/mol. The van der Waals surface area contributed by atoms with E-state index in [2.05, 4.69) is 35.6 Å². The van der Waals surface area contributed by atoms with Gasteiger partial charge in [-0.1, -0.05) is 20.8 Å². The maximum Gasteiger partial charge on any atom is 0.133 e. The van der Waals surface area contributed by atoms with Crippen LogP contribution < -0.4 is 4.90 Å². The first-order valence-electron chi connectivity index (χ1n) is 6.34. The van der Waals surface area contributed by atoms with Crippen LogP contribution in [0.4, 0.5) is 5.82 Å². The fourth-order valence-electron chi connectivity index (χ4n) is 2.16. The van der Waals surface area contributed by atoms with E-state index in [-0.39, 0.29) is 6.10 Å². The average molecular weight is 235 g/mol. The second-order valence-electron chi connectivity index (χ2n) is 5.21. The van der Waals surface area contributed by atoms with Crippen LogP contribution in [-0.4, -0.2) is 34.3 Å². The Bertz CT molecular complexity index is 381. The minimum Gasteiger partial charge on any atom is -0.393 e. The molecule has 17 heavy (non-hydrogen) atoms. The van der Waals surface area contributed by atoms with Crippen LogP contribution in [0.1, 0.15) is 38.9 Å². The Labute approximate surface area is 103 Å². The molecule has 4 heteroatoms. The number of aliphatic hydroxyl groups excluding tert-OH is 1. The number of nitrogens with zero attached hydrogens (tertiary/aromatic N) is 3. The lowest BCUT2D eigenvalue weighted by atomic mass is 9.97. The van der Waals surface area contributed by atoms with Crippen molar-refractivity contribution in [3.05, 3.63) is 18.1 Å². The van der Waals surface area contributed by atoms with Gasteiger partial charge in [0.15, 0.2) is 0 Å². The van der Waals surface area contributed by atoms with Gasteiger partial charge in [-0.15, -0.1) is 0 Å². The van der Waals surface area contributed by atoms with Crippen molar-refractivity contribution in [2.24, 2.45) is 5.92 Å². The van der Waals surface area contributed by atoms with Crippen LogP contribution in [-0.2, 0) is 0 Å². The molecule has 2 unspecified atom stereocenters. The van der Waals surface area contributed by atoms with Gasteiger partial charge in [-0.05, 0) is 18.4 Å². The summed E-state index contributed by atoms with van der Waals surface area (Å²) in [5.74, 6) is 2.53. The summed E-state index contributed by atoms with van der Waals surface area (Å²) in [6.45, 7) is 8.03. The van der Waals surface area contributed by atoms with Gasteiger partial charge < -0.3 is 10.0 Å². The van der Waals surface area contributed by atoms with E-state index in [9.17, 15) is 5.11 Å². The van der Waals surface area contributed by atoms with Gasteiger partial charge >= 0.3 is 0 Å². The lowest BCUT2D eigenvalue weighted by molar-refractivity contribution is 0.0968. The summed E-state index contributed by atoms with van der Waals surface area (Å²) in [5, 5.41) is 9.73. The highest BCUT2D eigenvalue weighted by Gasteiger charge is 2.25. The Morgan fingerprint density at radius 1 is 1.47 bits per heavy atom. The van der Waals surface area contributed by atoms with Gasteiger partial charge in [0.2, 0.25) is 0 Å². The molecule has 1 aliphatic rings. The largest absolute Gasteiger partial charge is 0.393 e. The molecule has 0 aliphatic carbocycles. The number of hydrogen-bond donors (Lipinski definition) is 1. The van der Waals surface area contributed by atoms with Gasteiger partial charge in [0, 0.05) is 25.2 Å². The van der Waals surface area contributed by atoms with Crippen molar-refractivity contribution in [3.8, 4) is 0 Å². The molecule has 0 spiro atoms. The van der Waals surface area contributed by atoms with Crippen LogP contribution in [0.3, 0.4) is 0 Å². The minimum atomic E-state index is -0.169. The maximum absolute atomic E-state index is 9.73. The van der Waals surface area contributed by atoms with E-state index >= 15 is 0 Å². The number of aliphatic hydroxyl groups is 1. The molecule has 94 valence electrons. The molecular weight excluding hydrogens is 214 g/mol. The molecule has 0 amide bonds. The molecule has 1 aromatic rings. The summed E-state index contributed by atoms with van der Waals surface area (Å²) >= 11 is 0. The van der Waals surface area contributed by atoms with Gasteiger partial charge in [-0.3, -0.25) is 0 Å². The van der Waals surface area contributed by atoms with E-state index < -0.39 is 0 Å². The molecular formula is C13H21N3O. The van der Waals surface area contributed by atoms with Crippen LogP contribution in [0.25, 0.3) is 0 Å². The maximum atomic E-state index is 9.73. The molecule has 2 atom stereocenters. The molecule has 1 aromatic heterocycles. The molecule has 0 aromatic carbocycles. The summed E-state index contributed by atoms with van der Waals surface area (Å²) in [6.07, 6.45) is 2.48. The second-order valence-corrected chi connectivity index (χ2v) is 5.21. The lowest BCUT2D eigenvalue weighted by Crippen LogP contribution is -2.42. The Morgan fingerprint density at radius 2 is 2.24 bits per heavy atom. The van der Waals surface area contributed by atoms with Gasteiger partial charge in [-0.25, -0.2) is 9.97 Å². The van der Waals surface area contributed by atoms with Crippen molar-refractivity contribution in [2.45, 2.75) is 39.2 Å². The van der Waals surface area contributed by atoms with Crippen LogP contribution in [0.2, 0.25) is 0 Å². The van der Waals surface area contributed by atoms with E-state index in [0.29, 0.717) is 11.8 Å². The third-order valence-electron chi connectivity index (χ3n) is 3.36. The SMILES string of the molecule is CC(C)c1nccc(N2CCC(O)C(C)C2)n1. The van der Waals surface area contributed by atoms with Gasteiger partial charge in [-0.2, -0.15) is 0 Å². The number of piperidine rings is 1. The molecule has 1 aliphatic heterocycles. The van der Waals surface area contributed by atoms with Crippen LogP contribution in [0.15, 0.2) is 12.3 Å². The third-order valence-corrected chi connectivity index (χ3v) is 3.36. The summed E-state index contributed by atoms with van der Waals surface area (Å²) < 4.78 is 0. The first-order valence-corrected chi connectivity index (χ1v) is 6.34. The molecule has 1 saturated heterocycles. The third kappa shape index (κ3) is 2.75. The molecule has 2 rings (SSSR count). The van der Waals surface area contributed by atoms with Crippen molar-refractivity contribution in [2.75, 3.05) is 18.0 Å². The highest BCUT2D eigenvalue weighted by atomic mass is 16.3. The second kappa shape index (κ2) is 5.00. The summed E-state index contributed by atoms with van der Waals surface area (Å²) in [4.78, 5) is 11.1. The van der Waals surface area contributed by atoms with Crippen LogP contribution in [0, 0.1) is 5.92 Å².